The van der Waals surface area contributed by atoms with E-state index in [0.29, 0.717) is 24.0 Å². The number of aromatic nitrogens is 1. The average Bonchev–Trinajstić information content (AvgIpc) is 2.89. The Hall–Kier alpha value is -2.37. The van der Waals surface area contributed by atoms with Crippen molar-refractivity contribution in [3.8, 4) is 0 Å². The molecule has 0 aliphatic carbocycles. The Labute approximate surface area is 115 Å². The number of benzene rings is 1. The molecule has 0 saturated carbocycles. The van der Waals surface area contributed by atoms with Crippen LogP contribution < -0.4 is 5.32 Å². The quantitative estimate of drug-likeness (QED) is 0.884. The number of nitrogens with one attached hydrogen (secondary N) is 1. The maximum absolute atomic E-state index is 13.7. The molecule has 2 N–H and O–H groups in total. The molecule has 0 spiro atoms. The molecular weight excluding hydrogens is 261 g/mol. The van der Waals surface area contributed by atoms with Crippen LogP contribution in [-0.2, 0) is 0 Å². The molecule has 5 nitrogen and oxygen atoms in total. The Kier molecular flexibility index (Phi) is 3.14. The number of pyridine rings is 1. The van der Waals surface area contributed by atoms with Crippen molar-refractivity contribution in [2.75, 3.05) is 18.4 Å². The van der Waals surface area contributed by atoms with Gasteiger partial charge >= 0.3 is 6.09 Å². The first-order valence-corrected chi connectivity index (χ1v) is 6.43. The summed E-state index contributed by atoms with van der Waals surface area (Å²) < 4.78 is 13.7. The Morgan fingerprint density at radius 3 is 3.05 bits per heavy atom. The first-order chi connectivity index (χ1) is 9.65. The number of hydrogen-bond acceptors (Lipinski definition) is 3. The first kappa shape index (κ1) is 12.7. The molecule has 1 aromatic carbocycles. The van der Waals surface area contributed by atoms with Crippen LogP contribution in [0.25, 0.3) is 10.9 Å². The molecule has 1 aliphatic heterocycles. The van der Waals surface area contributed by atoms with Gasteiger partial charge in [0.2, 0.25) is 0 Å². The second-order valence-corrected chi connectivity index (χ2v) is 4.85. The number of amides is 1. The van der Waals surface area contributed by atoms with Crippen molar-refractivity contribution in [2.45, 2.75) is 12.5 Å². The molecule has 0 bridgehead atoms. The summed E-state index contributed by atoms with van der Waals surface area (Å²) in [6.45, 7) is 0.957. The van der Waals surface area contributed by atoms with E-state index in [2.05, 4.69) is 10.3 Å². The zero-order valence-electron chi connectivity index (χ0n) is 10.7. The molecule has 1 saturated heterocycles. The van der Waals surface area contributed by atoms with E-state index in [1.165, 1.54) is 11.0 Å². The van der Waals surface area contributed by atoms with E-state index in [1.807, 2.05) is 0 Å². The van der Waals surface area contributed by atoms with Crippen LogP contribution in [0.4, 0.5) is 14.9 Å². The molecule has 1 fully saturated rings. The van der Waals surface area contributed by atoms with Crippen LogP contribution in [0.5, 0.6) is 0 Å². The van der Waals surface area contributed by atoms with Crippen LogP contribution >= 0.6 is 0 Å². The highest BCUT2D eigenvalue weighted by molar-refractivity contribution is 5.91. The molecule has 0 radical (unpaired) electrons. The fourth-order valence-corrected chi connectivity index (χ4v) is 2.54. The molecule has 20 heavy (non-hydrogen) atoms. The van der Waals surface area contributed by atoms with E-state index in [0.717, 1.165) is 12.1 Å². The number of likely N-dealkylation sites (tertiary alicyclic amines) is 1. The van der Waals surface area contributed by atoms with Gasteiger partial charge in [0.05, 0.1) is 0 Å². The molecule has 2 heterocycles. The zero-order chi connectivity index (χ0) is 14.1. The molecule has 1 amide bonds. The topological polar surface area (TPSA) is 65.5 Å². The van der Waals surface area contributed by atoms with Crippen LogP contribution in [0.3, 0.4) is 0 Å². The van der Waals surface area contributed by atoms with Crippen molar-refractivity contribution in [2.24, 2.45) is 0 Å². The molecule has 104 valence electrons. The third-order valence-electron chi connectivity index (χ3n) is 3.54. The standard InChI is InChI=1S/C14H14FN3O2/c15-11-3-1-2-10-12(4-6-16-13(10)11)17-9-5-7-18(8-9)14(19)20/h1-4,6,9H,5,7-8H2,(H,16,17)(H,19,20)/t9-/m1/s1. The number of carboxylic acid groups (broad SMARTS) is 1. The number of carbonyl (C=O) groups is 1. The lowest BCUT2D eigenvalue weighted by atomic mass is 10.1. The molecular formula is C14H14FN3O2. The second-order valence-electron chi connectivity index (χ2n) is 4.85. The minimum Gasteiger partial charge on any atom is -0.465 e. The predicted octanol–water partition coefficient (Wildman–Crippen LogP) is 2.54. The average molecular weight is 275 g/mol. The van der Waals surface area contributed by atoms with Gasteiger partial charge in [-0.1, -0.05) is 12.1 Å². The molecule has 2 aromatic rings. The van der Waals surface area contributed by atoms with Crippen LogP contribution in [0.15, 0.2) is 30.5 Å². The Bertz CT molecular complexity index is 662. The van der Waals surface area contributed by atoms with E-state index in [1.54, 1.807) is 24.4 Å². The smallest absolute Gasteiger partial charge is 0.407 e. The van der Waals surface area contributed by atoms with Crippen molar-refractivity contribution >= 4 is 22.7 Å². The highest BCUT2D eigenvalue weighted by Gasteiger charge is 2.26. The fourth-order valence-electron chi connectivity index (χ4n) is 2.54. The normalized spacial score (nSPS) is 18.4. The SMILES string of the molecule is O=C(O)N1CC[C@@H](Nc2ccnc3c(F)cccc23)C1. The van der Waals surface area contributed by atoms with Gasteiger partial charge in [-0.25, -0.2) is 9.18 Å². The van der Waals surface area contributed by atoms with Gasteiger partial charge in [0.25, 0.3) is 0 Å². The van der Waals surface area contributed by atoms with Gasteiger partial charge in [-0.3, -0.25) is 4.98 Å². The van der Waals surface area contributed by atoms with Crippen molar-refractivity contribution in [3.05, 3.63) is 36.3 Å². The summed E-state index contributed by atoms with van der Waals surface area (Å²) in [5.74, 6) is -0.357. The lowest BCUT2D eigenvalue weighted by Gasteiger charge is -2.16. The maximum atomic E-state index is 13.7. The summed E-state index contributed by atoms with van der Waals surface area (Å²) >= 11 is 0. The number of anilines is 1. The fraction of sp³-hybridized carbons (Fsp3) is 0.286. The van der Waals surface area contributed by atoms with Gasteiger partial charge in [0.15, 0.2) is 0 Å². The van der Waals surface area contributed by atoms with Crippen LogP contribution in [-0.4, -0.2) is 40.2 Å². The number of para-hydroxylation sites is 1. The van der Waals surface area contributed by atoms with Crippen molar-refractivity contribution in [1.82, 2.24) is 9.88 Å². The van der Waals surface area contributed by atoms with Gasteiger partial charge in [0.1, 0.15) is 11.3 Å². The summed E-state index contributed by atoms with van der Waals surface area (Å²) in [5.41, 5.74) is 1.11. The summed E-state index contributed by atoms with van der Waals surface area (Å²) in [6.07, 6.45) is 1.39. The number of rotatable bonds is 2. The Balaban J connectivity index is 1.85. The van der Waals surface area contributed by atoms with E-state index in [4.69, 9.17) is 5.11 Å². The monoisotopic (exact) mass is 275 g/mol. The summed E-state index contributed by atoms with van der Waals surface area (Å²) in [7, 11) is 0. The first-order valence-electron chi connectivity index (χ1n) is 6.43. The van der Waals surface area contributed by atoms with E-state index in [-0.39, 0.29) is 11.9 Å². The van der Waals surface area contributed by atoms with Gasteiger partial charge in [-0.05, 0) is 18.6 Å². The highest BCUT2D eigenvalue weighted by atomic mass is 19.1. The third kappa shape index (κ3) is 2.24. The van der Waals surface area contributed by atoms with E-state index >= 15 is 0 Å². The van der Waals surface area contributed by atoms with Gasteiger partial charge in [0, 0.05) is 36.4 Å². The molecule has 1 atom stereocenters. The minimum absolute atomic E-state index is 0.0416. The van der Waals surface area contributed by atoms with Gasteiger partial charge < -0.3 is 15.3 Å². The molecule has 1 aromatic heterocycles. The lowest BCUT2D eigenvalue weighted by molar-refractivity contribution is 0.155. The van der Waals surface area contributed by atoms with Gasteiger partial charge in [-0.2, -0.15) is 0 Å². The summed E-state index contributed by atoms with van der Waals surface area (Å²) in [6, 6.07) is 6.65. The minimum atomic E-state index is -0.903. The Morgan fingerprint density at radius 2 is 2.30 bits per heavy atom. The molecule has 3 rings (SSSR count). The number of fused-ring (bicyclic) bond motifs is 1. The largest absolute Gasteiger partial charge is 0.465 e. The van der Waals surface area contributed by atoms with Crippen molar-refractivity contribution < 1.29 is 14.3 Å². The predicted molar refractivity (Wildman–Crippen MR) is 73.3 cm³/mol. The van der Waals surface area contributed by atoms with Gasteiger partial charge in [-0.15, -0.1) is 0 Å². The second kappa shape index (κ2) is 4.96. The maximum Gasteiger partial charge on any atom is 0.407 e. The molecule has 0 unspecified atom stereocenters. The Morgan fingerprint density at radius 1 is 1.45 bits per heavy atom. The van der Waals surface area contributed by atoms with Crippen LogP contribution in [0.1, 0.15) is 6.42 Å². The lowest BCUT2D eigenvalue weighted by Crippen LogP contribution is -2.30. The number of hydrogen-bond donors (Lipinski definition) is 2. The third-order valence-corrected chi connectivity index (χ3v) is 3.54. The number of nitrogens with zero attached hydrogens (tertiary/aromatic N) is 2. The molecule has 1 aliphatic rings. The highest BCUT2D eigenvalue weighted by Crippen LogP contribution is 2.25. The van der Waals surface area contributed by atoms with Crippen LogP contribution in [0, 0.1) is 5.82 Å². The zero-order valence-corrected chi connectivity index (χ0v) is 10.7. The van der Waals surface area contributed by atoms with E-state index < -0.39 is 6.09 Å². The van der Waals surface area contributed by atoms with Crippen molar-refractivity contribution in [1.29, 1.82) is 0 Å². The van der Waals surface area contributed by atoms with Crippen LogP contribution in [0.2, 0.25) is 0 Å². The summed E-state index contributed by atoms with van der Waals surface area (Å²) in [4.78, 5) is 16.3. The summed E-state index contributed by atoms with van der Waals surface area (Å²) in [5, 5.41) is 12.9. The number of halogens is 1. The van der Waals surface area contributed by atoms with Crippen molar-refractivity contribution in [3.63, 3.8) is 0 Å². The molecule has 6 heteroatoms. The van der Waals surface area contributed by atoms with E-state index in [9.17, 15) is 9.18 Å².